The van der Waals surface area contributed by atoms with Crippen LogP contribution in [-0.2, 0) is 13.2 Å². The summed E-state index contributed by atoms with van der Waals surface area (Å²) in [4.78, 5) is 17.1. The standard InChI is InChI=1S/C27H27N3O6/c1-17-22(18(2)36-30-17)16-35-24-9-7-20(12-25(24)33-4)27(31)29-21-8-10-23(32-3)26(13-21)34-15-19-6-5-11-28-14-19/h5-14H,15-16H2,1-4H3,(H,29,31). The molecule has 0 saturated carbocycles. The molecule has 0 radical (unpaired) electrons. The largest absolute Gasteiger partial charge is 0.493 e. The second-order valence-electron chi connectivity index (χ2n) is 7.93. The highest BCUT2D eigenvalue weighted by molar-refractivity contribution is 6.04. The second-order valence-corrected chi connectivity index (χ2v) is 7.93. The van der Waals surface area contributed by atoms with Crippen LogP contribution in [0, 0.1) is 13.8 Å². The lowest BCUT2D eigenvalue weighted by atomic mass is 10.1. The predicted molar refractivity (Wildman–Crippen MR) is 133 cm³/mol. The number of hydrogen-bond acceptors (Lipinski definition) is 8. The molecule has 2 aromatic heterocycles. The van der Waals surface area contributed by atoms with Gasteiger partial charge >= 0.3 is 0 Å². The van der Waals surface area contributed by atoms with E-state index in [1.807, 2.05) is 26.0 Å². The van der Waals surface area contributed by atoms with Gasteiger partial charge in [0.15, 0.2) is 23.0 Å². The Bertz CT molecular complexity index is 1320. The molecule has 1 amide bonds. The summed E-state index contributed by atoms with van der Waals surface area (Å²) in [5.74, 6) is 2.38. The zero-order valence-electron chi connectivity index (χ0n) is 20.5. The van der Waals surface area contributed by atoms with E-state index in [-0.39, 0.29) is 12.5 Å². The molecule has 0 aliphatic rings. The molecule has 2 aromatic carbocycles. The minimum atomic E-state index is -0.311. The average Bonchev–Trinajstić information content (AvgIpc) is 3.23. The molecule has 9 nitrogen and oxygen atoms in total. The highest BCUT2D eigenvalue weighted by atomic mass is 16.5. The number of carbonyl (C=O) groups excluding carboxylic acids is 1. The second kappa shape index (κ2) is 11.3. The Labute approximate surface area is 209 Å². The van der Waals surface area contributed by atoms with E-state index >= 15 is 0 Å². The quantitative estimate of drug-likeness (QED) is 0.328. The Morgan fingerprint density at radius 3 is 2.39 bits per heavy atom. The molecule has 0 aliphatic heterocycles. The zero-order valence-corrected chi connectivity index (χ0v) is 20.5. The highest BCUT2D eigenvalue weighted by Crippen LogP contribution is 2.32. The lowest BCUT2D eigenvalue weighted by Crippen LogP contribution is -2.12. The number of nitrogens with one attached hydrogen (secondary N) is 1. The van der Waals surface area contributed by atoms with Gasteiger partial charge < -0.3 is 28.8 Å². The summed E-state index contributed by atoms with van der Waals surface area (Å²) in [6.07, 6.45) is 3.43. The predicted octanol–water partition coefficient (Wildman–Crippen LogP) is 5.11. The number of anilines is 1. The minimum absolute atomic E-state index is 0.275. The smallest absolute Gasteiger partial charge is 0.255 e. The number of aryl methyl sites for hydroxylation is 2. The first-order chi connectivity index (χ1) is 17.5. The molecule has 4 rings (SSSR count). The summed E-state index contributed by atoms with van der Waals surface area (Å²) in [7, 11) is 3.08. The Morgan fingerprint density at radius 1 is 0.917 bits per heavy atom. The summed E-state index contributed by atoms with van der Waals surface area (Å²) in [6, 6.07) is 13.9. The maximum Gasteiger partial charge on any atom is 0.255 e. The third-order valence-corrected chi connectivity index (χ3v) is 5.52. The molecule has 0 fully saturated rings. The van der Waals surface area contributed by atoms with Crippen molar-refractivity contribution in [3.63, 3.8) is 0 Å². The van der Waals surface area contributed by atoms with Crippen LogP contribution >= 0.6 is 0 Å². The van der Waals surface area contributed by atoms with Crippen LogP contribution in [0.1, 0.15) is 32.9 Å². The summed E-state index contributed by atoms with van der Waals surface area (Å²) in [5.41, 5.74) is 3.52. The minimum Gasteiger partial charge on any atom is -0.493 e. The first kappa shape index (κ1) is 24.6. The monoisotopic (exact) mass is 489 g/mol. The number of rotatable bonds is 10. The topological polar surface area (TPSA) is 105 Å². The van der Waals surface area contributed by atoms with Gasteiger partial charge in [-0.2, -0.15) is 0 Å². The van der Waals surface area contributed by atoms with Crippen LogP contribution < -0.4 is 24.3 Å². The van der Waals surface area contributed by atoms with Crippen LogP contribution in [0.3, 0.4) is 0 Å². The van der Waals surface area contributed by atoms with Gasteiger partial charge in [-0.05, 0) is 50.2 Å². The molecule has 4 aromatic rings. The van der Waals surface area contributed by atoms with Crippen molar-refractivity contribution in [1.29, 1.82) is 0 Å². The Hall–Kier alpha value is -4.53. The van der Waals surface area contributed by atoms with Gasteiger partial charge in [-0.15, -0.1) is 0 Å². The van der Waals surface area contributed by atoms with E-state index in [0.29, 0.717) is 46.6 Å². The van der Waals surface area contributed by atoms with Gasteiger partial charge in [-0.25, -0.2) is 0 Å². The van der Waals surface area contributed by atoms with E-state index in [4.69, 9.17) is 23.5 Å². The number of methoxy groups -OCH3 is 2. The van der Waals surface area contributed by atoms with Crippen molar-refractivity contribution in [2.45, 2.75) is 27.1 Å². The highest BCUT2D eigenvalue weighted by Gasteiger charge is 2.15. The zero-order chi connectivity index (χ0) is 25.5. The van der Waals surface area contributed by atoms with E-state index in [2.05, 4.69) is 15.5 Å². The Morgan fingerprint density at radius 2 is 1.69 bits per heavy atom. The van der Waals surface area contributed by atoms with Gasteiger partial charge in [-0.1, -0.05) is 11.2 Å². The van der Waals surface area contributed by atoms with Crippen molar-refractivity contribution in [3.8, 4) is 23.0 Å². The third-order valence-electron chi connectivity index (χ3n) is 5.52. The SMILES string of the molecule is COc1ccc(NC(=O)c2ccc(OCc3c(C)noc3C)c(OC)c2)cc1OCc1cccnc1. The van der Waals surface area contributed by atoms with E-state index in [1.54, 1.807) is 55.9 Å². The molecule has 0 aliphatic carbocycles. The fraction of sp³-hybridized carbons (Fsp3) is 0.222. The first-order valence-electron chi connectivity index (χ1n) is 11.2. The number of ether oxygens (including phenoxy) is 4. The average molecular weight is 490 g/mol. The summed E-state index contributed by atoms with van der Waals surface area (Å²) >= 11 is 0. The molecule has 186 valence electrons. The summed E-state index contributed by atoms with van der Waals surface area (Å²) in [5, 5.41) is 6.82. The number of benzene rings is 2. The molecule has 0 bridgehead atoms. The number of hydrogen-bond donors (Lipinski definition) is 1. The van der Waals surface area contributed by atoms with Crippen LogP contribution in [0.15, 0.2) is 65.4 Å². The fourth-order valence-corrected chi connectivity index (χ4v) is 3.50. The fourth-order valence-electron chi connectivity index (χ4n) is 3.50. The molecule has 0 unspecified atom stereocenters. The maximum atomic E-state index is 13.0. The summed E-state index contributed by atoms with van der Waals surface area (Å²) in [6.45, 7) is 4.27. The number of nitrogens with zero attached hydrogens (tertiary/aromatic N) is 2. The molecular formula is C27H27N3O6. The van der Waals surface area contributed by atoms with E-state index in [9.17, 15) is 4.79 Å². The van der Waals surface area contributed by atoms with Crippen molar-refractivity contribution >= 4 is 11.6 Å². The van der Waals surface area contributed by atoms with Crippen LogP contribution in [0.5, 0.6) is 23.0 Å². The molecule has 0 atom stereocenters. The number of carbonyl (C=O) groups is 1. The van der Waals surface area contributed by atoms with Gasteiger partial charge in [0.1, 0.15) is 19.0 Å². The van der Waals surface area contributed by atoms with Gasteiger partial charge in [0, 0.05) is 35.3 Å². The van der Waals surface area contributed by atoms with Crippen LogP contribution in [0.4, 0.5) is 5.69 Å². The van der Waals surface area contributed by atoms with Crippen LogP contribution in [-0.4, -0.2) is 30.3 Å². The molecule has 9 heteroatoms. The van der Waals surface area contributed by atoms with Crippen LogP contribution in [0.2, 0.25) is 0 Å². The molecule has 0 spiro atoms. The molecular weight excluding hydrogens is 462 g/mol. The summed E-state index contributed by atoms with van der Waals surface area (Å²) < 4.78 is 27.8. The lowest BCUT2D eigenvalue weighted by Gasteiger charge is -2.14. The van der Waals surface area contributed by atoms with Gasteiger partial charge in [0.05, 0.1) is 25.5 Å². The van der Waals surface area contributed by atoms with Gasteiger partial charge in [0.25, 0.3) is 5.91 Å². The van der Waals surface area contributed by atoms with E-state index < -0.39 is 0 Å². The number of aromatic nitrogens is 2. The third kappa shape index (κ3) is 5.75. The van der Waals surface area contributed by atoms with Crippen molar-refractivity contribution in [2.24, 2.45) is 0 Å². The van der Waals surface area contributed by atoms with Crippen molar-refractivity contribution in [2.75, 3.05) is 19.5 Å². The molecule has 1 N–H and O–H groups in total. The number of amides is 1. The molecule has 2 heterocycles. The lowest BCUT2D eigenvalue weighted by molar-refractivity contribution is 0.102. The van der Waals surface area contributed by atoms with Gasteiger partial charge in [0.2, 0.25) is 0 Å². The first-order valence-corrected chi connectivity index (χ1v) is 11.2. The van der Waals surface area contributed by atoms with Crippen molar-refractivity contribution in [1.82, 2.24) is 10.1 Å². The Balaban J connectivity index is 1.45. The molecule has 36 heavy (non-hydrogen) atoms. The van der Waals surface area contributed by atoms with Crippen molar-refractivity contribution < 1.29 is 28.3 Å². The normalized spacial score (nSPS) is 10.6. The number of pyridine rings is 1. The Kier molecular flexibility index (Phi) is 7.69. The van der Waals surface area contributed by atoms with Crippen molar-refractivity contribution in [3.05, 3.63) is 89.1 Å². The van der Waals surface area contributed by atoms with Gasteiger partial charge in [-0.3, -0.25) is 9.78 Å². The van der Waals surface area contributed by atoms with E-state index in [1.165, 1.54) is 7.11 Å². The van der Waals surface area contributed by atoms with E-state index in [0.717, 1.165) is 16.8 Å². The maximum absolute atomic E-state index is 13.0. The van der Waals surface area contributed by atoms with Crippen LogP contribution in [0.25, 0.3) is 0 Å². The molecule has 0 saturated heterocycles.